The first kappa shape index (κ1) is 17.3. The number of amides is 2. The van der Waals surface area contributed by atoms with Crippen molar-refractivity contribution in [1.82, 2.24) is 9.97 Å². The molecule has 0 bridgehead atoms. The summed E-state index contributed by atoms with van der Waals surface area (Å²) < 4.78 is 0. The van der Waals surface area contributed by atoms with Crippen LogP contribution in [0.15, 0.2) is 34.7 Å². The minimum absolute atomic E-state index is 0.0709. The van der Waals surface area contributed by atoms with Crippen molar-refractivity contribution in [2.75, 3.05) is 23.4 Å². The van der Waals surface area contributed by atoms with Crippen molar-refractivity contribution in [3.05, 3.63) is 46.4 Å². The third kappa shape index (κ3) is 2.60. The van der Waals surface area contributed by atoms with Crippen LogP contribution in [0.4, 0.5) is 11.5 Å². The van der Waals surface area contributed by atoms with Crippen molar-refractivity contribution in [3.63, 3.8) is 0 Å². The van der Waals surface area contributed by atoms with Gasteiger partial charge in [0, 0.05) is 26.0 Å². The number of pyridine rings is 2. The Hall–Kier alpha value is -3.13. The zero-order chi connectivity index (χ0) is 19.3. The van der Waals surface area contributed by atoms with Crippen molar-refractivity contribution < 1.29 is 9.59 Å². The fraction of sp³-hybridized carbons (Fsp3) is 0.222. The Bertz CT molecular complexity index is 1060. The van der Waals surface area contributed by atoms with Crippen LogP contribution in [0.5, 0.6) is 0 Å². The number of aryl methyl sites for hydroxylation is 1. The SMILES string of the molecule is CCN1C(=O)/C(=N\N=C2/C(=O)N(C)c3cc(Cl)cnc32)c2cc(C)cnc21. The molecular weight excluding hydrogens is 368 g/mol. The fourth-order valence-corrected chi connectivity index (χ4v) is 3.26. The van der Waals surface area contributed by atoms with Gasteiger partial charge < -0.3 is 4.90 Å². The van der Waals surface area contributed by atoms with E-state index in [0.29, 0.717) is 34.3 Å². The van der Waals surface area contributed by atoms with Gasteiger partial charge in [-0.25, -0.2) is 4.98 Å². The molecule has 0 fully saturated rings. The van der Waals surface area contributed by atoms with Crippen LogP contribution in [0.25, 0.3) is 0 Å². The summed E-state index contributed by atoms with van der Waals surface area (Å²) in [5, 5.41) is 8.63. The Labute approximate surface area is 160 Å². The van der Waals surface area contributed by atoms with Gasteiger partial charge in [0.15, 0.2) is 11.4 Å². The summed E-state index contributed by atoms with van der Waals surface area (Å²) in [6, 6.07) is 3.48. The Morgan fingerprint density at radius 1 is 1.07 bits per heavy atom. The second-order valence-corrected chi connectivity index (χ2v) is 6.65. The quantitative estimate of drug-likeness (QED) is 0.742. The molecular formula is C18H15ClN6O2. The highest BCUT2D eigenvalue weighted by molar-refractivity contribution is 6.55. The van der Waals surface area contributed by atoms with E-state index in [1.807, 2.05) is 19.9 Å². The minimum Gasteiger partial charge on any atom is -0.308 e. The number of hydrogen-bond acceptors (Lipinski definition) is 6. The normalized spacial score (nSPS) is 18.7. The van der Waals surface area contributed by atoms with Crippen molar-refractivity contribution in [2.45, 2.75) is 13.8 Å². The molecule has 8 nitrogen and oxygen atoms in total. The topological polar surface area (TPSA) is 91.1 Å². The zero-order valence-corrected chi connectivity index (χ0v) is 15.7. The van der Waals surface area contributed by atoms with E-state index in [2.05, 4.69) is 20.2 Å². The van der Waals surface area contributed by atoms with Gasteiger partial charge in [-0.2, -0.15) is 0 Å². The Morgan fingerprint density at radius 3 is 2.56 bits per heavy atom. The second kappa shape index (κ2) is 6.24. The number of aromatic nitrogens is 2. The molecule has 27 heavy (non-hydrogen) atoms. The standard InChI is InChI=1S/C18H15ClN6O2/c1-4-25-16-11(5-9(2)7-21-16)13(18(25)27)22-23-15-14-12(24(3)17(15)26)6-10(19)8-20-14/h5-8H,4H2,1-3H3/b22-13-,23-15-. The summed E-state index contributed by atoms with van der Waals surface area (Å²) in [6.07, 6.45) is 3.14. The second-order valence-electron chi connectivity index (χ2n) is 6.22. The van der Waals surface area contributed by atoms with Crippen LogP contribution < -0.4 is 9.80 Å². The van der Waals surface area contributed by atoms with Crippen LogP contribution in [-0.2, 0) is 9.59 Å². The third-order valence-electron chi connectivity index (χ3n) is 4.46. The van der Waals surface area contributed by atoms with Gasteiger partial charge in [0.05, 0.1) is 16.3 Å². The van der Waals surface area contributed by atoms with Gasteiger partial charge in [0.25, 0.3) is 11.8 Å². The van der Waals surface area contributed by atoms with Crippen LogP contribution in [0.3, 0.4) is 0 Å². The number of hydrogen-bond donors (Lipinski definition) is 0. The van der Waals surface area contributed by atoms with Gasteiger partial charge in [-0.1, -0.05) is 11.6 Å². The number of fused-ring (bicyclic) bond motifs is 2. The molecule has 2 aromatic rings. The summed E-state index contributed by atoms with van der Waals surface area (Å²) in [6.45, 7) is 4.20. The molecule has 136 valence electrons. The molecule has 2 amide bonds. The van der Waals surface area contributed by atoms with Gasteiger partial charge in [-0.3, -0.25) is 19.5 Å². The van der Waals surface area contributed by atoms with E-state index in [4.69, 9.17) is 11.6 Å². The monoisotopic (exact) mass is 382 g/mol. The molecule has 0 N–H and O–H groups in total. The average Bonchev–Trinajstić information content (AvgIpc) is 3.04. The van der Waals surface area contributed by atoms with Crippen molar-refractivity contribution in [1.29, 1.82) is 0 Å². The van der Waals surface area contributed by atoms with Crippen LogP contribution in [0.2, 0.25) is 5.02 Å². The summed E-state index contributed by atoms with van der Waals surface area (Å²) in [5.74, 6) is -0.102. The summed E-state index contributed by atoms with van der Waals surface area (Å²) in [5.41, 5.74) is 2.68. The van der Waals surface area contributed by atoms with Gasteiger partial charge in [-0.15, -0.1) is 10.2 Å². The van der Waals surface area contributed by atoms with Crippen molar-refractivity contribution in [3.8, 4) is 0 Å². The van der Waals surface area contributed by atoms with Crippen LogP contribution in [-0.4, -0.2) is 46.8 Å². The largest absolute Gasteiger partial charge is 0.308 e. The predicted molar refractivity (Wildman–Crippen MR) is 103 cm³/mol. The first-order chi connectivity index (χ1) is 12.9. The maximum atomic E-state index is 12.7. The first-order valence-electron chi connectivity index (χ1n) is 8.31. The molecule has 0 atom stereocenters. The number of carbonyl (C=O) groups excluding carboxylic acids is 2. The average molecular weight is 383 g/mol. The minimum atomic E-state index is -0.357. The molecule has 0 aliphatic carbocycles. The van der Waals surface area contributed by atoms with E-state index in [0.717, 1.165) is 5.56 Å². The Kier molecular flexibility index (Phi) is 4.00. The number of rotatable bonds is 2. The summed E-state index contributed by atoms with van der Waals surface area (Å²) in [4.78, 5) is 36.7. The molecule has 0 saturated heterocycles. The number of likely N-dealkylation sites (N-methyl/N-ethyl adjacent to an activating group) is 2. The van der Waals surface area contributed by atoms with Gasteiger partial charge in [-0.05, 0) is 31.5 Å². The maximum absolute atomic E-state index is 12.7. The molecule has 0 unspecified atom stereocenters. The molecule has 4 rings (SSSR count). The molecule has 0 aromatic carbocycles. The smallest absolute Gasteiger partial charge is 0.280 e. The fourth-order valence-electron chi connectivity index (χ4n) is 3.11. The first-order valence-corrected chi connectivity index (χ1v) is 8.68. The lowest BCUT2D eigenvalue weighted by Gasteiger charge is -2.11. The van der Waals surface area contributed by atoms with Crippen LogP contribution in [0, 0.1) is 6.92 Å². The number of nitrogens with zero attached hydrogens (tertiary/aromatic N) is 6. The van der Waals surface area contributed by atoms with Crippen LogP contribution in [0.1, 0.15) is 23.7 Å². The highest BCUT2D eigenvalue weighted by Crippen LogP contribution is 2.30. The van der Waals surface area contributed by atoms with E-state index in [1.54, 1.807) is 19.3 Å². The van der Waals surface area contributed by atoms with E-state index in [1.165, 1.54) is 16.0 Å². The molecule has 4 heterocycles. The molecule has 0 saturated carbocycles. The van der Waals surface area contributed by atoms with Gasteiger partial charge >= 0.3 is 0 Å². The summed E-state index contributed by atoms with van der Waals surface area (Å²) in [7, 11) is 1.61. The number of carbonyl (C=O) groups is 2. The van der Waals surface area contributed by atoms with E-state index in [-0.39, 0.29) is 23.2 Å². The molecule has 0 spiro atoms. The molecule has 9 heteroatoms. The highest BCUT2D eigenvalue weighted by atomic mass is 35.5. The van der Waals surface area contributed by atoms with E-state index < -0.39 is 0 Å². The molecule has 2 aromatic heterocycles. The highest BCUT2D eigenvalue weighted by Gasteiger charge is 2.36. The lowest BCUT2D eigenvalue weighted by molar-refractivity contribution is -0.113. The van der Waals surface area contributed by atoms with Crippen molar-refractivity contribution in [2.24, 2.45) is 10.2 Å². The lowest BCUT2D eigenvalue weighted by atomic mass is 10.1. The maximum Gasteiger partial charge on any atom is 0.280 e. The summed E-state index contributed by atoms with van der Waals surface area (Å²) >= 11 is 5.96. The number of halogens is 1. The van der Waals surface area contributed by atoms with Gasteiger partial charge in [0.2, 0.25) is 0 Å². The van der Waals surface area contributed by atoms with E-state index in [9.17, 15) is 9.59 Å². The van der Waals surface area contributed by atoms with Crippen LogP contribution >= 0.6 is 11.6 Å². The third-order valence-corrected chi connectivity index (χ3v) is 4.66. The number of anilines is 2. The van der Waals surface area contributed by atoms with Gasteiger partial charge in [0.1, 0.15) is 11.5 Å². The van der Waals surface area contributed by atoms with Crippen molar-refractivity contribution >= 4 is 46.3 Å². The van der Waals surface area contributed by atoms with E-state index >= 15 is 0 Å². The predicted octanol–water partition coefficient (Wildman–Crippen LogP) is 1.97. The Balaban J connectivity index is 1.83. The Morgan fingerprint density at radius 2 is 1.81 bits per heavy atom. The molecule has 2 aliphatic heterocycles. The lowest BCUT2D eigenvalue weighted by Crippen LogP contribution is -2.30. The zero-order valence-electron chi connectivity index (χ0n) is 14.9. The molecule has 2 aliphatic rings. The molecule has 0 radical (unpaired) electrons.